The highest BCUT2D eigenvalue weighted by molar-refractivity contribution is 5.27. The Balaban J connectivity index is 1.24. The van der Waals surface area contributed by atoms with E-state index in [4.69, 9.17) is 0 Å². The molecule has 0 heterocycles. The highest BCUT2D eigenvalue weighted by atomic mass is 16.3. The van der Waals surface area contributed by atoms with Gasteiger partial charge < -0.3 is 5.11 Å². The minimum Gasteiger partial charge on any atom is -0.393 e. The summed E-state index contributed by atoms with van der Waals surface area (Å²) >= 11 is 0. The molecule has 0 spiro atoms. The number of hydrogen-bond donors (Lipinski definition) is 1. The van der Waals surface area contributed by atoms with E-state index in [2.05, 4.69) is 12.2 Å². The van der Waals surface area contributed by atoms with Crippen LogP contribution in [0.5, 0.6) is 0 Å². The van der Waals surface area contributed by atoms with Crippen molar-refractivity contribution in [3.05, 3.63) is 12.2 Å². The molecular weight excluding hydrogens is 280 g/mol. The summed E-state index contributed by atoms with van der Waals surface area (Å²) in [6, 6.07) is 0. The largest absolute Gasteiger partial charge is 0.393 e. The van der Waals surface area contributed by atoms with Crippen LogP contribution in [0.2, 0.25) is 0 Å². The summed E-state index contributed by atoms with van der Waals surface area (Å²) in [5.41, 5.74) is 0. The molecule has 1 N–H and O–H groups in total. The molecule has 8 aliphatic rings. The molecule has 8 rings (SSSR count). The summed E-state index contributed by atoms with van der Waals surface area (Å²) in [7, 11) is 0. The van der Waals surface area contributed by atoms with Gasteiger partial charge in [-0.3, -0.25) is 0 Å². The first-order chi connectivity index (χ1) is 11.3. The molecule has 8 bridgehead atoms. The van der Waals surface area contributed by atoms with Crippen molar-refractivity contribution in [2.45, 2.75) is 38.2 Å². The average molecular weight is 308 g/mol. The van der Waals surface area contributed by atoms with Crippen molar-refractivity contribution in [2.24, 2.45) is 82.9 Å². The molecule has 122 valence electrons. The van der Waals surface area contributed by atoms with Gasteiger partial charge in [-0.1, -0.05) is 12.2 Å². The fraction of sp³-hybridized carbons (Fsp3) is 0.909. The molecular formula is C22H28O. The highest BCUT2D eigenvalue weighted by Crippen LogP contribution is 2.80. The third-order valence-corrected chi connectivity index (χ3v) is 11.2. The van der Waals surface area contributed by atoms with Crippen molar-refractivity contribution in [2.75, 3.05) is 0 Å². The second kappa shape index (κ2) is 3.48. The van der Waals surface area contributed by atoms with Crippen LogP contribution in [0.3, 0.4) is 0 Å². The predicted molar refractivity (Wildman–Crippen MR) is 87.1 cm³/mol. The molecule has 1 nitrogen and oxygen atoms in total. The van der Waals surface area contributed by atoms with Gasteiger partial charge in [0.2, 0.25) is 0 Å². The van der Waals surface area contributed by atoms with Gasteiger partial charge in [0, 0.05) is 0 Å². The van der Waals surface area contributed by atoms with E-state index in [1.807, 2.05) is 0 Å². The zero-order valence-corrected chi connectivity index (χ0v) is 13.8. The lowest BCUT2D eigenvalue weighted by atomic mass is 9.55. The van der Waals surface area contributed by atoms with Crippen molar-refractivity contribution < 1.29 is 5.11 Å². The van der Waals surface area contributed by atoms with E-state index in [1.54, 1.807) is 12.8 Å². The summed E-state index contributed by atoms with van der Waals surface area (Å²) in [5.74, 6) is 14.4. The van der Waals surface area contributed by atoms with Gasteiger partial charge in [-0.15, -0.1) is 0 Å². The van der Waals surface area contributed by atoms with E-state index in [-0.39, 0.29) is 6.10 Å². The maximum atomic E-state index is 10.5. The quantitative estimate of drug-likeness (QED) is 0.535. The molecule has 0 aromatic heterocycles. The summed E-state index contributed by atoms with van der Waals surface area (Å²) in [6.45, 7) is 0. The van der Waals surface area contributed by atoms with Crippen LogP contribution in [0.1, 0.15) is 32.1 Å². The topological polar surface area (TPSA) is 20.2 Å². The minimum absolute atomic E-state index is 0.0795. The van der Waals surface area contributed by atoms with Crippen molar-refractivity contribution in [1.29, 1.82) is 0 Å². The SMILES string of the molecule is OC1CC2CC1C1C3CC(C21)C1C2CC(C4C5C=CC(C5)C24)C31. The van der Waals surface area contributed by atoms with Gasteiger partial charge in [0.25, 0.3) is 0 Å². The van der Waals surface area contributed by atoms with Gasteiger partial charge in [-0.2, -0.15) is 0 Å². The maximum Gasteiger partial charge on any atom is 0.0574 e. The molecule has 1 heteroatoms. The molecule has 0 aromatic carbocycles. The van der Waals surface area contributed by atoms with E-state index in [0.29, 0.717) is 0 Å². The van der Waals surface area contributed by atoms with Gasteiger partial charge in [0.1, 0.15) is 0 Å². The Hall–Kier alpha value is -0.300. The van der Waals surface area contributed by atoms with Gasteiger partial charge in [0.15, 0.2) is 0 Å². The predicted octanol–water partition coefficient (Wildman–Crippen LogP) is 3.59. The Morgan fingerprint density at radius 2 is 1.09 bits per heavy atom. The van der Waals surface area contributed by atoms with Gasteiger partial charge in [-0.05, 0) is 115 Å². The molecule has 7 fully saturated rings. The summed E-state index contributed by atoms with van der Waals surface area (Å²) in [5, 5.41) is 10.5. The van der Waals surface area contributed by atoms with Gasteiger partial charge in [-0.25, -0.2) is 0 Å². The Morgan fingerprint density at radius 3 is 1.78 bits per heavy atom. The molecule has 0 amide bonds. The lowest BCUT2D eigenvalue weighted by Gasteiger charge is -2.50. The van der Waals surface area contributed by atoms with E-state index in [9.17, 15) is 5.11 Å². The Labute approximate surface area is 138 Å². The van der Waals surface area contributed by atoms with Crippen molar-refractivity contribution in [1.82, 2.24) is 0 Å². The van der Waals surface area contributed by atoms with Crippen LogP contribution in [0.4, 0.5) is 0 Å². The lowest BCUT2D eigenvalue weighted by Crippen LogP contribution is -2.47. The van der Waals surface area contributed by atoms with E-state index in [0.717, 1.165) is 82.9 Å². The summed E-state index contributed by atoms with van der Waals surface area (Å²) in [6.07, 6.45) is 12.6. The van der Waals surface area contributed by atoms with Crippen molar-refractivity contribution in [3.63, 3.8) is 0 Å². The van der Waals surface area contributed by atoms with Crippen LogP contribution in [-0.4, -0.2) is 11.2 Å². The monoisotopic (exact) mass is 308 g/mol. The highest BCUT2D eigenvalue weighted by Gasteiger charge is 2.75. The number of fused-ring (bicyclic) bond motifs is 23. The molecule has 0 aliphatic heterocycles. The van der Waals surface area contributed by atoms with Crippen molar-refractivity contribution in [3.8, 4) is 0 Å². The minimum atomic E-state index is 0.0795. The first-order valence-electron chi connectivity index (χ1n) is 10.7. The standard InChI is InChI=1S/C22H28O/c23-16-5-10-4-11(16)20-15-7-14(19(10)20)21-12-6-13(22(15)21)18-9-2-1-8(3-9)17(12)18/h1-2,8-23H,3-7H2. The summed E-state index contributed by atoms with van der Waals surface area (Å²) < 4.78 is 0. The zero-order valence-electron chi connectivity index (χ0n) is 13.8. The second-order valence-electron chi connectivity index (χ2n) is 11.0. The number of aliphatic hydroxyl groups excluding tert-OH is 1. The summed E-state index contributed by atoms with van der Waals surface area (Å²) in [4.78, 5) is 0. The Bertz CT molecular complexity index is 638. The molecule has 0 aromatic rings. The second-order valence-corrected chi connectivity index (χ2v) is 11.0. The third-order valence-electron chi connectivity index (χ3n) is 11.2. The lowest BCUT2D eigenvalue weighted by molar-refractivity contribution is -0.0456. The van der Waals surface area contributed by atoms with Gasteiger partial charge >= 0.3 is 0 Å². The third kappa shape index (κ3) is 1.07. The first-order valence-corrected chi connectivity index (χ1v) is 10.7. The Kier molecular flexibility index (Phi) is 1.83. The van der Waals surface area contributed by atoms with E-state index >= 15 is 0 Å². The van der Waals surface area contributed by atoms with Crippen LogP contribution in [0.25, 0.3) is 0 Å². The molecule has 7 saturated carbocycles. The fourth-order valence-corrected chi connectivity index (χ4v) is 11.4. The molecule has 0 saturated heterocycles. The number of hydrogen-bond acceptors (Lipinski definition) is 1. The molecule has 0 radical (unpaired) electrons. The molecule has 15 unspecified atom stereocenters. The van der Waals surface area contributed by atoms with E-state index in [1.165, 1.54) is 19.3 Å². The molecule has 23 heavy (non-hydrogen) atoms. The number of allylic oxidation sites excluding steroid dienone is 2. The van der Waals surface area contributed by atoms with Crippen molar-refractivity contribution >= 4 is 0 Å². The van der Waals surface area contributed by atoms with Crippen LogP contribution in [-0.2, 0) is 0 Å². The maximum absolute atomic E-state index is 10.5. The zero-order chi connectivity index (χ0) is 14.6. The van der Waals surface area contributed by atoms with Gasteiger partial charge in [0.05, 0.1) is 6.10 Å². The first kappa shape index (κ1) is 12.1. The van der Waals surface area contributed by atoms with E-state index < -0.39 is 0 Å². The Morgan fingerprint density at radius 1 is 0.522 bits per heavy atom. The average Bonchev–Trinajstić information content (AvgIpc) is 3.34. The normalized spacial score (nSPS) is 77.2. The molecule has 15 atom stereocenters. The van der Waals surface area contributed by atoms with Crippen LogP contribution in [0, 0.1) is 82.9 Å². The number of aliphatic hydroxyl groups is 1. The fourth-order valence-electron chi connectivity index (χ4n) is 11.4. The van der Waals surface area contributed by atoms with Crippen LogP contribution >= 0.6 is 0 Å². The smallest absolute Gasteiger partial charge is 0.0574 e. The van der Waals surface area contributed by atoms with Crippen LogP contribution < -0.4 is 0 Å². The number of rotatable bonds is 0. The van der Waals surface area contributed by atoms with Crippen LogP contribution in [0.15, 0.2) is 12.2 Å². The molecule has 8 aliphatic carbocycles.